The Hall–Kier alpha value is -1.42. The van der Waals surface area contributed by atoms with E-state index in [0.29, 0.717) is 11.6 Å². The van der Waals surface area contributed by atoms with E-state index >= 15 is 0 Å². The number of anilines is 1. The summed E-state index contributed by atoms with van der Waals surface area (Å²) in [5.41, 5.74) is 1.38. The molecule has 98 valence electrons. The van der Waals surface area contributed by atoms with Crippen molar-refractivity contribution >= 4 is 11.6 Å². The van der Waals surface area contributed by atoms with Gasteiger partial charge >= 0.3 is 0 Å². The van der Waals surface area contributed by atoms with Gasteiger partial charge in [0.2, 0.25) is 5.91 Å². The lowest BCUT2D eigenvalue weighted by atomic mass is 9.90. The van der Waals surface area contributed by atoms with Gasteiger partial charge < -0.3 is 10.2 Å². The largest absolute Gasteiger partial charge is 0.317 e. The van der Waals surface area contributed by atoms with Crippen molar-refractivity contribution < 1.29 is 9.18 Å². The van der Waals surface area contributed by atoms with Crippen LogP contribution in [0.2, 0.25) is 0 Å². The molecule has 0 spiro atoms. The Morgan fingerprint density at radius 1 is 1.39 bits per heavy atom. The molecule has 0 bridgehead atoms. The summed E-state index contributed by atoms with van der Waals surface area (Å²) in [7, 11) is 1.65. The number of nitrogens with zero attached hydrogens (tertiary/aromatic N) is 1. The summed E-state index contributed by atoms with van der Waals surface area (Å²) in [6.07, 6.45) is 1.94. The first-order chi connectivity index (χ1) is 8.59. The van der Waals surface area contributed by atoms with Gasteiger partial charge in [-0.05, 0) is 49.5 Å². The molecule has 0 unspecified atom stereocenters. The quantitative estimate of drug-likeness (QED) is 0.873. The number of amides is 1. The summed E-state index contributed by atoms with van der Waals surface area (Å²) in [4.78, 5) is 12.7. The molecule has 0 saturated carbocycles. The monoisotopic (exact) mass is 250 g/mol. The average Bonchev–Trinajstić information content (AvgIpc) is 2.38. The minimum absolute atomic E-state index is 0.0935. The molecule has 0 aromatic heterocycles. The Bertz CT molecular complexity index is 441. The van der Waals surface area contributed by atoms with Crippen LogP contribution in [-0.4, -0.2) is 26.0 Å². The number of halogens is 1. The highest BCUT2D eigenvalue weighted by atomic mass is 19.1. The highest BCUT2D eigenvalue weighted by molar-refractivity contribution is 5.90. The molecule has 1 amide bonds. The van der Waals surface area contributed by atoms with E-state index in [-0.39, 0.29) is 11.7 Å². The Labute approximate surface area is 107 Å². The molecule has 4 heteroatoms. The second-order valence-corrected chi connectivity index (χ2v) is 4.81. The standard InChI is InChI=1S/C14H19FN2O/c1-10(18)17(2)12-3-4-13(14(15)9-12)11-5-7-16-8-6-11/h3-4,9,11,16H,5-8H2,1-2H3. The highest BCUT2D eigenvalue weighted by Crippen LogP contribution is 2.29. The smallest absolute Gasteiger partial charge is 0.223 e. The lowest BCUT2D eigenvalue weighted by molar-refractivity contribution is -0.116. The Morgan fingerprint density at radius 2 is 2.06 bits per heavy atom. The molecular formula is C14H19FN2O. The van der Waals surface area contributed by atoms with E-state index in [0.717, 1.165) is 31.5 Å². The van der Waals surface area contributed by atoms with Gasteiger partial charge in [0.15, 0.2) is 0 Å². The van der Waals surface area contributed by atoms with Gasteiger partial charge in [0.05, 0.1) is 0 Å². The van der Waals surface area contributed by atoms with Gasteiger partial charge in [-0.2, -0.15) is 0 Å². The van der Waals surface area contributed by atoms with Crippen molar-refractivity contribution in [1.29, 1.82) is 0 Å². The average molecular weight is 250 g/mol. The summed E-state index contributed by atoms with van der Waals surface area (Å²) >= 11 is 0. The molecule has 1 N–H and O–H groups in total. The van der Waals surface area contributed by atoms with Gasteiger partial charge in [-0.3, -0.25) is 4.79 Å². The number of piperidine rings is 1. The number of hydrogen-bond donors (Lipinski definition) is 1. The molecule has 18 heavy (non-hydrogen) atoms. The van der Waals surface area contributed by atoms with Crippen LogP contribution in [0.15, 0.2) is 18.2 Å². The van der Waals surface area contributed by atoms with E-state index in [1.54, 1.807) is 7.05 Å². The predicted octanol–water partition coefficient (Wildman–Crippen LogP) is 2.28. The molecule has 1 heterocycles. The summed E-state index contributed by atoms with van der Waals surface area (Å²) in [6.45, 7) is 3.36. The second-order valence-electron chi connectivity index (χ2n) is 4.81. The van der Waals surface area contributed by atoms with Crippen molar-refractivity contribution in [3.8, 4) is 0 Å². The first-order valence-electron chi connectivity index (χ1n) is 6.34. The molecule has 0 atom stereocenters. The highest BCUT2D eigenvalue weighted by Gasteiger charge is 2.19. The van der Waals surface area contributed by atoms with E-state index in [2.05, 4.69) is 5.32 Å². The van der Waals surface area contributed by atoms with Gasteiger partial charge in [-0.25, -0.2) is 4.39 Å². The van der Waals surface area contributed by atoms with Crippen LogP contribution in [0.4, 0.5) is 10.1 Å². The zero-order valence-electron chi connectivity index (χ0n) is 10.9. The van der Waals surface area contributed by atoms with Gasteiger partial charge in [0.25, 0.3) is 0 Å². The number of hydrogen-bond acceptors (Lipinski definition) is 2. The third-order valence-electron chi connectivity index (χ3n) is 3.62. The SMILES string of the molecule is CC(=O)N(C)c1ccc(C2CCNCC2)c(F)c1. The molecule has 2 rings (SSSR count). The van der Waals surface area contributed by atoms with E-state index in [1.807, 2.05) is 12.1 Å². The van der Waals surface area contributed by atoms with Crippen LogP contribution < -0.4 is 10.2 Å². The van der Waals surface area contributed by atoms with E-state index in [1.165, 1.54) is 17.9 Å². The van der Waals surface area contributed by atoms with Crippen LogP contribution in [-0.2, 0) is 4.79 Å². The zero-order chi connectivity index (χ0) is 13.1. The first-order valence-corrected chi connectivity index (χ1v) is 6.34. The van der Waals surface area contributed by atoms with Crippen molar-refractivity contribution in [3.63, 3.8) is 0 Å². The lowest BCUT2D eigenvalue weighted by Crippen LogP contribution is -2.27. The van der Waals surface area contributed by atoms with Crippen LogP contribution in [0.5, 0.6) is 0 Å². The van der Waals surface area contributed by atoms with Crippen LogP contribution >= 0.6 is 0 Å². The minimum atomic E-state index is -0.201. The maximum Gasteiger partial charge on any atom is 0.223 e. The topological polar surface area (TPSA) is 32.3 Å². The van der Waals surface area contributed by atoms with Gasteiger partial charge in [-0.1, -0.05) is 6.07 Å². The van der Waals surface area contributed by atoms with E-state index in [4.69, 9.17) is 0 Å². The summed E-state index contributed by atoms with van der Waals surface area (Å²) in [5, 5.41) is 3.27. The molecule has 1 aromatic rings. The van der Waals surface area contributed by atoms with Crippen molar-refractivity contribution in [2.24, 2.45) is 0 Å². The number of nitrogens with one attached hydrogen (secondary N) is 1. The van der Waals surface area contributed by atoms with Crippen molar-refractivity contribution in [2.45, 2.75) is 25.7 Å². The molecule has 1 aromatic carbocycles. The maximum absolute atomic E-state index is 14.1. The summed E-state index contributed by atoms with van der Waals surface area (Å²) < 4.78 is 14.1. The fraction of sp³-hybridized carbons (Fsp3) is 0.500. The zero-order valence-corrected chi connectivity index (χ0v) is 10.9. The Balaban J connectivity index is 2.21. The number of carbonyl (C=O) groups is 1. The summed E-state index contributed by atoms with van der Waals surface area (Å²) in [6, 6.07) is 5.10. The van der Waals surface area contributed by atoms with Crippen molar-refractivity contribution in [2.75, 3.05) is 25.0 Å². The first kappa shape index (κ1) is 13.0. The van der Waals surface area contributed by atoms with Crippen molar-refractivity contribution in [3.05, 3.63) is 29.6 Å². The van der Waals surface area contributed by atoms with Crippen LogP contribution in [0, 0.1) is 5.82 Å². The molecule has 1 aliphatic rings. The second kappa shape index (κ2) is 5.48. The molecule has 0 aliphatic carbocycles. The molecule has 1 saturated heterocycles. The number of benzene rings is 1. The Morgan fingerprint density at radius 3 is 2.61 bits per heavy atom. The number of rotatable bonds is 2. The third kappa shape index (κ3) is 2.70. The van der Waals surface area contributed by atoms with Gasteiger partial charge in [0.1, 0.15) is 5.82 Å². The van der Waals surface area contributed by atoms with Gasteiger partial charge in [0, 0.05) is 19.7 Å². The molecule has 3 nitrogen and oxygen atoms in total. The fourth-order valence-electron chi connectivity index (χ4n) is 2.37. The van der Waals surface area contributed by atoms with Crippen LogP contribution in [0.1, 0.15) is 31.2 Å². The molecule has 1 aliphatic heterocycles. The molecule has 1 fully saturated rings. The predicted molar refractivity (Wildman–Crippen MR) is 70.3 cm³/mol. The van der Waals surface area contributed by atoms with Gasteiger partial charge in [-0.15, -0.1) is 0 Å². The fourth-order valence-corrected chi connectivity index (χ4v) is 2.37. The molecule has 0 radical (unpaired) electrons. The van der Waals surface area contributed by atoms with E-state index < -0.39 is 0 Å². The van der Waals surface area contributed by atoms with Crippen molar-refractivity contribution in [1.82, 2.24) is 5.32 Å². The molecular weight excluding hydrogens is 231 g/mol. The minimum Gasteiger partial charge on any atom is -0.317 e. The lowest BCUT2D eigenvalue weighted by Gasteiger charge is -2.24. The summed E-state index contributed by atoms with van der Waals surface area (Å²) in [5.74, 6) is -0.000509. The number of carbonyl (C=O) groups excluding carboxylic acids is 1. The van der Waals surface area contributed by atoms with Crippen LogP contribution in [0.3, 0.4) is 0 Å². The van der Waals surface area contributed by atoms with Crippen LogP contribution in [0.25, 0.3) is 0 Å². The maximum atomic E-state index is 14.1. The normalized spacial score (nSPS) is 16.6. The Kier molecular flexibility index (Phi) is 3.97. The third-order valence-corrected chi connectivity index (χ3v) is 3.62. The van der Waals surface area contributed by atoms with E-state index in [9.17, 15) is 9.18 Å².